The maximum Gasteiger partial charge on any atom is 0.323 e. The quantitative estimate of drug-likeness (QED) is 0.768. The number of aromatic nitrogens is 2. The molecule has 7 heteroatoms. The van der Waals surface area contributed by atoms with Crippen LogP contribution in [0.2, 0.25) is 0 Å². The number of carbonyl (C=O) groups is 2. The van der Waals surface area contributed by atoms with Gasteiger partial charge in [-0.05, 0) is 29.9 Å². The minimum atomic E-state index is -0.210. The Kier molecular flexibility index (Phi) is 6.53. The standard InChI is InChI=1S/C25H35N5O2/c1-19(2)22-9-7-21(8-10-22)17-30-23(11-14-26-30)27-24(32)28-15-16-29(20(3)31)25(18-28)12-5-4-6-13-25/h7-11,14,19H,4-6,12-13,15-18H2,1-3H3,(H,27,32). The molecule has 0 atom stereocenters. The van der Waals surface area contributed by atoms with Crippen LogP contribution in [0.5, 0.6) is 0 Å². The summed E-state index contributed by atoms with van der Waals surface area (Å²) in [4.78, 5) is 29.3. The van der Waals surface area contributed by atoms with Crippen molar-refractivity contribution in [1.82, 2.24) is 19.6 Å². The van der Waals surface area contributed by atoms with Crippen LogP contribution in [0.25, 0.3) is 0 Å². The van der Waals surface area contributed by atoms with Crippen molar-refractivity contribution in [3.63, 3.8) is 0 Å². The zero-order valence-electron chi connectivity index (χ0n) is 19.5. The van der Waals surface area contributed by atoms with Gasteiger partial charge in [-0.3, -0.25) is 10.1 Å². The van der Waals surface area contributed by atoms with Gasteiger partial charge in [-0.15, -0.1) is 0 Å². The lowest BCUT2D eigenvalue weighted by atomic mass is 9.78. The molecule has 1 saturated heterocycles. The summed E-state index contributed by atoms with van der Waals surface area (Å²) in [7, 11) is 0. The molecule has 2 heterocycles. The monoisotopic (exact) mass is 437 g/mol. The van der Waals surface area contributed by atoms with E-state index in [0.29, 0.717) is 37.9 Å². The number of anilines is 1. The molecule has 1 N–H and O–H groups in total. The molecular formula is C25H35N5O2. The summed E-state index contributed by atoms with van der Waals surface area (Å²) >= 11 is 0. The lowest BCUT2D eigenvalue weighted by Gasteiger charge is -2.52. The third-order valence-electron chi connectivity index (χ3n) is 7.03. The van der Waals surface area contributed by atoms with E-state index in [2.05, 4.69) is 48.5 Å². The van der Waals surface area contributed by atoms with E-state index in [-0.39, 0.29) is 17.5 Å². The summed E-state index contributed by atoms with van der Waals surface area (Å²) in [5.41, 5.74) is 2.24. The smallest absolute Gasteiger partial charge is 0.323 e. The molecule has 0 unspecified atom stereocenters. The predicted molar refractivity (Wildman–Crippen MR) is 126 cm³/mol. The van der Waals surface area contributed by atoms with Crippen molar-refractivity contribution in [2.45, 2.75) is 70.9 Å². The molecule has 0 bridgehead atoms. The van der Waals surface area contributed by atoms with Crippen molar-refractivity contribution in [2.24, 2.45) is 0 Å². The van der Waals surface area contributed by atoms with Crippen LogP contribution < -0.4 is 5.32 Å². The topological polar surface area (TPSA) is 70.5 Å². The largest absolute Gasteiger partial charge is 0.334 e. The second kappa shape index (κ2) is 9.35. The SMILES string of the molecule is CC(=O)N1CCN(C(=O)Nc2ccnn2Cc2ccc(C(C)C)cc2)CC12CCCCC2. The Morgan fingerprint density at radius 1 is 1.06 bits per heavy atom. The van der Waals surface area contributed by atoms with Gasteiger partial charge in [-0.25, -0.2) is 9.48 Å². The van der Waals surface area contributed by atoms with Crippen LogP contribution in [-0.4, -0.2) is 56.7 Å². The van der Waals surface area contributed by atoms with Crippen LogP contribution in [0.15, 0.2) is 36.5 Å². The second-order valence-electron chi connectivity index (χ2n) is 9.58. The Balaban J connectivity index is 1.43. The molecule has 1 aliphatic carbocycles. The second-order valence-corrected chi connectivity index (χ2v) is 9.58. The Bertz CT molecular complexity index is 943. The van der Waals surface area contributed by atoms with Crippen molar-refractivity contribution in [1.29, 1.82) is 0 Å². The average Bonchev–Trinajstić information content (AvgIpc) is 3.20. The number of amides is 3. The highest BCUT2D eigenvalue weighted by Crippen LogP contribution is 2.36. The number of benzene rings is 1. The number of hydrogen-bond donors (Lipinski definition) is 1. The fourth-order valence-electron chi connectivity index (χ4n) is 5.21. The molecule has 1 aromatic heterocycles. The first-order chi connectivity index (χ1) is 15.4. The van der Waals surface area contributed by atoms with Crippen LogP contribution in [0.1, 0.15) is 69.9 Å². The van der Waals surface area contributed by atoms with Crippen LogP contribution in [-0.2, 0) is 11.3 Å². The summed E-state index contributed by atoms with van der Waals surface area (Å²) in [6.45, 7) is 8.38. The van der Waals surface area contributed by atoms with E-state index in [1.54, 1.807) is 13.1 Å². The van der Waals surface area contributed by atoms with Gasteiger partial charge < -0.3 is 9.80 Å². The van der Waals surface area contributed by atoms with E-state index in [1.165, 1.54) is 12.0 Å². The first-order valence-electron chi connectivity index (χ1n) is 11.8. The molecule has 172 valence electrons. The zero-order valence-corrected chi connectivity index (χ0v) is 19.5. The van der Waals surface area contributed by atoms with Crippen molar-refractivity contribution in [3.05, 3.63) is 47.7 Å². The number of urea groups is 1. The van der Waals surface area contributed by atoms with Gasteiger partial charge in [0.1, 0.15) is 5.82 Å². The van der Waals surface area contributed by atoms with Crippen LogP contribution in [0.3, 0.4) is 0 Å². The van der Waals surface area contributed by atoms with Gasteiger partial charge in [0.25, 0.3) is 0 Å². The highest BCUT2D eigenvalue weighted by Gasteiger charge is 2.44. The van der Waals surface area contributed by atoms with Crippen molar-refractivity contribution in [2.75, 3.05) is 25.0 Å². The van der Waals surface area contributed by atoms with E-state index >= 15 is 0 Å². The Morgan fingerprint density at radius 2 is 1.78 bits per heavy atom. The van der Waals surface area contributed by atoms with Gasteiger partial charge in [0, 0.05) is 32.6 Å². The lowest BCUT2D eigenvalue weighted by Crippen LogP contribution is -2.65. The van der Waals surface area contributed by atoms with Gasteiger partial charge >= 0.3 is 6.03 Å². The predicted octanol–water partition coefficient (Wildman–Crippen LogP) is 4.45. The summed E-state index contributed by atoms with van der Waals surface area (Å²) in [5.74, 6) is 1.31. The van der Waals surface area contributed by atoms with Crippen molar-refractivity contribution < 1.29 is 9.59 Å². The minimum Gasteiger partial charge on any atom is -0.334 e. The van der Waals surface area contributed by atoms with Crippen molar-refractivity contribution in [3.8, 4) is 0 Å². The molecule has 2 aromatic rings. The minimum absolute atomic E-state index is 0.116. The summed E-state index contributed by atoms with van der Waals surface area (Å²) in [5, 5.41) is 7.48. The van der Waals surface area contributed by atoms with E-state index in [0.717, 1.165) is 31.2 Å². The molecule has 32 heavy (non-hydrogen) atoms. The number of nitrogens with one attached hydrogen (secondary N) is 1. The van der Waals surface area contributed by atoms with Gasteiger partial charge in [-0.2, -0.15) is 5.10 Å². The molecule has 2 fully saturated rings. The Morgan fingerprint density at radius 3 is 2.44 bits per heavy atom. The van der Waals surface area contributed by atoms with Gasteiger partial charge in [0.05, 0.1) is 18.3 Å². The van der Waals surface area contributed by atoms with Crippen molar-refractivity contribution >= 4 is 17.8 Å². The average molecular weight is 438 g/mol. The first-order valence-corrected chi connectivity index (χ1v) is 11.8. The molecule has 3 amide bonds. The van der Waals surface area contributed by atoms with Crippen LogP contribution in [0, 0.1) is 0 Å². The third kappa shape index (κ3) is 4.66. The van der Waals surface area contributed by atoms with Crippen LogP contribution >= 0.6 is 0 Å². The normalized spacial score (nSPS) is 18.2. The maximum absolute atomic E-state index is 13.2. The fourth-order valence-corrected chi connectivity index (χ4v) is 5.21. The molecule has 7 nitrogen and oxygen atoms in total. The third-order valence-corrected chi connectivity index (χ3v) is 7.03. The fraction of sp³-hybridized carbons (Fsp3) is 0.560. The highest BCUT2D eigenvalue weighted by molar-refractivity contribution is 5.88. The molecule has 1 spiro atoms. The number of rotatable bonds is 4. The molecular weight excluding hydrogens is 402 g/mol. The molecule has 4 rings (SSSR count). The lowest BCUT2D eigenvalue weighted by molar-refractivity contribution is -0.141. The number of piperazine rings is 1. The van der Waals surface area contributed by atoms with E-state index in [1.807, 2.05) is 20.5 Å². The summed E-state index contributed by atoms with van der Waals surface area (Å²) < 4.78 is 1.82. The Labute approximate surface area is 190 Å². The van der Waals surface area contributed by atoms with E-state index < -0.39 is 0 Å². The number of carbonyl (C=O) groups excluding carboxylic acids is 2. The van der Waals surface area contributed by atoms with Gasteiger partial charge in [0.2, 0.25) is 5.91 Å². The maximum atomic E-state index is 13.2. The van der Waals surface area contributed by atoms with Crippen LogP contribution in [0.4, 0.5) is 10.6 Å². The first kappa shape index (κ1) is 22.4. The molecule has 2 aliphatic rings. The molecule has 1 aliphatic heterocycles. The highest BCUT2D eigenvalue weighted by atomic mass is 16.2. The van der Waals surface area contributed by atoms with Gasteiger partial charge in [0.15, 0.2) is 0 Å². The van der Waals surface area contributed by atoms with E-state index in [4.69, 9.17) is 0 Å². The van der Waals surface area contributed by atoms with E-state index in [9.17, 15) is 9.59 Å². The zero-order chi connectivity index (χ0) is 22.7. The molecule has 1 saturated carbocycles. The Hall–Kier alpha value is -2.83. The summed E-state index contributed by atoms with van der Waals surface area (Å²) in [6.07, 6.45) is 7.09. The molecule has 0 radical (unpaired) electrons. The molecule has 1 aromatic carbocycles. The van der Waals surface area contributed by atoms with Gasteiger partial charge in [-0.1, -0.05) is 57.4 Å². The number of hydrogen-bond acceptors (Lipinski definition) is 3. The summed E-state index contributed by atoms with van der Waals surface area (Å²) in [6, 6.07) is 10.3. The number of nitrogens with zero attached hydrogens (tertiary/aromatic N) is 4.